The third kappa shape index (κ3) is 3.32. The lowest BCUT2D eigenvalue weighted by Gasteiger charge is -2.10. The van der Waals surface area contributed by atoms with Gasteiger partial charge in [0.05, 0.1) is 0 Å². The smallest absolute Gasteiger partial charge is 0.119 e. The molecule has 4 N–H and O–H groups in total. The minimum absolute atomic E-state index is 0.104. The Kier molecular flexibility index (Phi) is 4.34. The predicted molar refractivity (Wildman–Crippen MR) is 73.2 cm³/mol. The summed E-state index contributed by atoms with van der Waals surface area (Å²) in [5.41, 5.74) is 13.5. The number of hydrogen-bond donors (Lipinski definition) is 2. The Morgan fingerprint density at radius 3 is 2.22 bits per heavy atom. The lowest BCUT2D eigenvalue weighted by atomic mass is 10.1. The van der Waals surface area contributed by atoms with Crippen LogP contribution in [0.2, 0.25) is 0 Å². The van der Waals surface area contributed by atoms with Gasteiger partial charge in [-0.2, -0.15) is 0 Å². The predicted octanol–water partition coefficient (Wildman–Crippen LogP) is 2.22. The Balaban J connectivity index is 1.94. The van der Waals surface area contributed by atoms with Crippen LogP contribution < -0.4 is 16.2 Å². The summed E-state index contributed by atoms with van der Waals surface area (Å²) in [6.07, 6.45) is 0. The molecule has 2 aromatic rings. The summed E-state index contributed by atoms with van der Waals surface area (Å²) >= 11 is 0. The summed E-state index contributed by atoms with van der Waals surface area (Å²) in [6, 6.07) is 17.7. The minimum Gasteiger partial charge on any atom is -0.489 e. The number of ether oxygens (including phenoxy) is 1. The summed E-state index contributed by atoms with van der Waals surface area (Å²) < 4.78 is 5.69. The maximum absolute atomic E-state index is 5.84. The molecule has 1 unspecified atom stereocenters. The van der Waals surface area contributed by atoms with Crippen molar-refractivity contribution >= 4 is 0 Å². The van der Waals surface area contributed by atoms with Crippen LogP contribution in [0.4, 0.5) is 0 Å². The first-order chi connectivity index (χ1) is 8.79. The van der Waals surface area contributed by atoms with E-state index in [1.165, 1.54) is 0 Å². The summed E-state index contributed by atoms with van der Waals surface area (Å²) in [4.78, 5) is 0. The first-order valence-corrected chi connectivity index (χ1v) is 6.02. The molecule has 0 aliphatic rings. The third-order valence-electron chi connectivity index (χ3n) is 2.81. The van der Waals surface area contributed by atoms with Crippen LogP contribution in [0.5, 0.6) is 5.75 Å². The molecule has 0 aliphatic heterocycles. The molecule has 0 bridgehead atoms. The van der Waals surface area contributed by atoms with Crippen molar-refractivity contribution in [1.82, 2.24) is 0 Å². The van der Waals surface area contributed by atoms with Gasteiger partial charge in [-0.1, -0.05) is 42.5 Å². The second-order valence-corrected chi connectivity index (χ2v) is 4.19. The first kappa shape index (κ1) is 12.6. The number of benzene rings is 2. The minimum atomic E-state index is -0.104. The van der Waals surface area contributed by atoms with Crippen molar-refractivity contribution < 1.29 is 4.74 Å². The molecule has 3 heteroatoms. The van der Waals surface area contributed by atoms with Gasteiger partial charge in [0.25, 0.3) is 0 Å². The van der Waals surface area contributed by atoms with Gasteiger partial charge in [0.1, 0.15) is 12.4 Å². The van der Waals surface area contributed by atoms with Crippen LogP contribution in [0, 0.1) is 0 Å². The Labute approximate surface area is 107 Å². The molecule has 0 heterocycles. The summed E-state index contributed by atoms with van der Waals surface area (Å²) in [7, 11) is 0. The number of rotatable bonds is 5. The molecule has 0 aromatic heterocycles. The fraction of sp³-hybridized carbons (Fsp3) is 0.200. The highest BCUT2D eigenvalue weighted by Crippen LogP contribution is 2.17. The van der Waals surface area contributed by atoms with Gasteiger partial charge in [0, 0.05) is 12.6 Å². The third-order valence-corrected chi connectivity index (χ3v) is 2.81. The van der Waals surface area contributed by atoms with Crippen LogP contribution >= 0.6 is 0 Å². The zero-order valence-electron chi connectivity index (χ0n) is 10.3. The van der Waals surface area contributed by atoms with Crippen LogP contribution in [0.25, 0.3) is 0 Å². The molecule has 1 atom stereocenters. The van der Waals surface area contributed by atoms with Gasteiger partial charge in [-0.3, -0.25) is 0 Å². The zero-order valence-corrected chi connectivity index (χ0v) is 10.3. The van der Waals surface area contributed by atoms with Crippen molar-refractivity contribution in [2.45, 2.75) is 12.6 Å². The average Bonchev–Trinajstić information content (AvgIpc) is 2.46. The topological polar surface area (TPSA) is 61.3 Å². The fourth-order valence-corrected chi connectivity index (χ4v) is 1.69. The highest BCUT2D eigenvalue weighted by atomic mass is 16.5. The molecule has 2 aromatic carbocycles. The summed E-state index contributed by atoms with van der Waals surface area (Å²) in [6.45, 7) is 1.02. The number of nitrogens with two attached hydrogens (primary N) is 2. The quantitative estimate of drug-likeness (QED) is 0.845. The van der Waals surface area contributed by atoms with Crippen molar-refractivity contribution in [1.29, 1.82) is 0 Å². The standard InChI is InChI=1S/C15H18N2O/c16-10-15(17)13-6-8-14(9-7-13)18-11-12-4-2-1-3-5-12/h1-9,15H,10-11,16-17H2. The van der Waals surface area contributed by atoms with Gasteiger partial charge in [0.2, 0.25) is 0 Å². The van der Waals surface area contributed by atoms with Crippen LogP contribution in [-0.2, 0) is 6.61 Å². The van der Waals surface area contributed by atoms with Gasteiger partial charge in [-0.15, -0.1) is 0 Å². The van der Waals surface area contributed by atoms with E-state index < -0.39 is 0 Å². The summed E-state index contributed by atoms with van der Waals surface area (Å²) in [5.74, 6) is 0.840. The fourth-order valence-electron chi connectivity index (χ4n) is 1.69. The molecule has 0 aliphatic carbocycles. The SMILES string of the molecule is NCC(N)c1ccc(OCc2ccccc2)cc1. The van der Waals surface area contributed by atoms with E-state index in [9.17, 15) is 0 Å². The van der Waals surface area contributed by atoms with Gasteiger partial charge in [-0.25, -0.2) is 0 Å². The molecule has 0 spiro atoms. The largest absolute Gasteiger partial charge is 0.489 e. The molecule has 0 saturated heterocycles. The molecule has 0 saturated carbocycles. The molecule has 3 nitrogen and oxygen atoms in total. The second-order valence-electron chi connectivity index (χ2n) is 4.19. The van der Waals surface area contributed by atoms with Crippen LogP contribution in [0.15, 0.2) is 54.6 Å². The molecule has 2 rings (SSSR count). The molecule has 0 radical (unpaired) electrons. The summed E-state index contributed by atoms with van der Waals surface area (Å²) in [5, 5.41) is 0. The number of hydrogen-bond acceptors (Lipinski definition) is 3. The molecule has 0 amide bonds. The van der Waals surface area contributed by atoms with E-state index in [-0.39, 0.29) is 6.04 Å². The Morgan fingerprint density at radius 2 is 1.61 bits per heavy atom. The van der Waals surface area contributed by atoms with E-state index in [1.807, 2.05) is 54.6 Å². The molecule has 18 heavy (non-hydrogen) atoms. The van der Waals surface area contributed by atoms with Gasteiger partial charge < -0.3 is 16.2 Å². The van der Waals surface area contributed by atoms with E-state index in [2.05, 4.69) is 0 Å². The van der Waals surface area contributed by atoms with E-state index in [4.69, 9.17) is 16.2 Å². The van der Waals surface area contributed by atoms with Gasteiger partial charge in [-0.05, 0) is 23.3 Å². The highest BCUT2D eigenvalue weighted by molar-refractivity contribution is 5.29. The van der Waals surface area contributed by atoms with Crippen molar-refractivity contribution in [2.24, 2.45) is 11.5 Å². The molecule has 0 fully saturated rings. The van der Waals surface area contributed by atoms with Crippen molar-refractivity contribution in [3.05, 3.63) is 65.7 Å². The first-order valence-electron chi connectivity index (χ1n) is 6.02. The van der Waals surface area contributed by atoms with Gasteiger partial charge >= 0.3 is 0 Å². The molecule has 94 valence electrons. The Bertz CT molecular complexity index is 468. The maximum Gasteiger partial charge on any atom is 0.119 e. The van der Waals surface area contributed by atoms with Crippen molar-refractivity contribution in [3.8, 4) is 5.75 Å². The second kappa shape index (κ2) is 6.19. The lowest BCUT2D eigenvalue weighted by Crippen LogP contribution is -2.20. The average molecular weight is 242 g/mol. The monoisotopic (exact) mass is 242 g/mol. The van der Waals surface area contributed by atoms with Crippen LogP contribution in [0.1, 0.15) is 17.2 Å². The van der Waals surface area contributed by atoms with E-state index in [1.54, 1.807) is 0 Å². The molecular weight excluding hydrogens is 224 g/mol. The zero-order chi connectivity index (χ0) is 12.8. The Hall–Kier alpha value is -1.84. The lowest BCUT2D eigenvalue weighted by molar-refractivity contribution is 0.306. The van der Waals surface area contributed by atoms with E-state index in [0.29, 0.717) is 13.2 Å². The van der Waals surface area contributed by atoms with Crippen molar-refractivity contribution in [2.75, 3.05) is 6.54 Å². The van der Waals surface area contributed by atoms with Crippen molar-refractivity contribution in [3.63, 3.8) is 0 Å². The maximum atomic E-state index is 5.84. The van der Waals surface area contributed by atoms with E-state index in [0.717, 1.165) is 16.9 Å². The van der Waals surface area contributed by atoms with E-state index >= 15 is 0 Å². The molecular formula is C15H18N2O. The highest BCUT2D eigenvalue weighted by Gasteiger charge is 2.03. The normalized spacial score (nSPS) is 12.1. The van der Waals surface area contributed by atoms with Crippen LogP contribution in [0.3, 0.4) is 0 Å². The van der Waals surface area contributed by atoms with Gasteiger partial charge in [0.15, 0.2) is 0 Å². The Morgan fingerprint density at radius 1 is 0.944 bits per heavy atom. The van der Waals surface area contributed by atoms with Crippen LogP contribution in [-0.4, -0.2) is 6.54 Å².